The third-order valence-corrected chi connectivity index (χ3v) is 4.12. The van der Waals surface area contributed by atoms with Gasteiger partial charge in [0.2, 0.25) is 0 Å². The summed E-state index contributed by atoms with van der Waals surface area (Å²) in [4.78, 5) is 0. The molecule has 0 N–H and O–H groups in total. The first-order valence-corrected chi connectivity index (χ1v) is 5.51. The van der Waals surface area contributed by atoms with Gasteiger partial charge in [0.1, 0.15) is 0 Å². The number of hydrogen-bond donors (Lipinski definition) is 0. The van der Waals surface area contributed by atoms with E-state index >= 15 is 0 Å². The Bertz CT molecular complexity index is 124. The van der Waals surface area contributed by atoms with Crippen LogP contribution in [0.4, 0.5) is 0 Å². The fourth-order valence-corrected chi connectivity index (χ4v) is 1.49. The molecule has 0 aromatic carbocycles. The molecule has 0 aromatic rings. The zero-order chi connectivity index (χ0) is 6.62. The first-order valence-electron chi connectivity index (χ1n) is 2.31. The Balaban J connectivity index is 3.72. The average molecular weight is 150 g/mol. The van der Waals surface area contributed by atoms with Crippen LogP contribution in [0.5, 0.6) is 0 Å². The van der Waals surface area contributed by atoms with E-state index in [2.05, 4.69) is 3.58 Å². The van der Waals surface area contributed by atoms with Gasteiger partial charge in [0, 0.05) is 0 Å². The Morgan fingerprint density at radius 2 is 2.25 bits per heavy atom. The normalized spacial score (nSPS) is 16.2. The molecule has 0 bridgehead atoms. The first kappa shape index (κ1) is 8.36. The van der Waals surface area contributed by atoms with Gasteiger partial charge in [-0.2, -0.15) is 0 Å². The van der Waals surface area contributed by atoms with Crippen LogP contribution in [0.2, 0.25) is 0 Å². The molecule has 0 amide bonds. The molecule has 0 radical (unpaired) electrons. The summed E-state index contributed by atoms with van der Waals surface area (Å²) >= 11 is -1.31. The fraction of sp³-hybridized carbons (Fsp3) is 1.00. The molecule has 0 heterocycles. The van der Waals surface area contributed by atoms with Gasteiger partial charge in [-0.25, -0.2) is 0 Å². The second kappa shape index (κ2) is 3.40. The SMILES string of the molecule is CCP(C)(=O)[O][Al]=[O]. The molecule has 46 valence electrons. The maximum atomic E-state index is 10.8. The standard InChI is InChI=1S/C3H9O2P.Al.O/c1-3-6(2,4)5;;/h3H2,1-2H3,(H,4,5);;/q;+1;/p-1. The van der Waals surface area contributed by atoms with Gasteiger partial charge in [-0.1, -0.05) is 0 Å². The summed E-state index contributed by atoms with van der Waals surface area (Å²) in [5, 5.41) is 0. The molecule has 0 fully saturated rings. The molecule has 8 heavy (non-hydrogen) atoms. The van der Waals surface area contributed by atoms with E-state index in [1.165, 1.54) is 6.66 Å². The Morgan fingerprint density at radius 3 is 2.38 bits per heavy atom. The second-order valence-electron chi connectivity index (χ2n) is 1.53. The van der Waals surface area contributed by atoms with Crippen LogP contribution >= 0.6 is 7.37 Å². The predicted molar refractivity (Wildman–Crippen MR) is 31.6 cm³/mol. The summed E-state index contributed by atoms with van der Waals surface area (Å²) in [6.07, 6.45) is 0.461. The molecule has 0 saturated carbocycles. The molecule has 0 rings (SSSR count). The molecule has 0 spiro atoms. The van der Waals surface area contributed by atoms with Crippen LogP contribution in [-0.4, -0.2) is 28.3 Å². The number of rotatable bonds is 3. The average Bonchev–Trinajstić information content (AvgIpc) is 1.67. The van der Waals surface area contributed by atoms with Gasteiger partial charge in [-0.05, 0) is 0 Å². The Hall–Kier alpha value is 0.362. The van der Waals surface area contributed by atoms with E-state index < -0.39 is 22.9 Å². The first-order chi connectivity index (χ1) is 3.62. The van der Waals surface area contributed by atoms with Crippen molar-refractivity contribution in [3.05, 3.63) is 0 Å². The van der Waals surface area contributed by atoms with Crippen LogP contribution in [-0.2, 0) is 11.9 Å². The van der Waals surface area contributed by atoms with E-state index in [1.54, 1.807) is 6.92 Å². The van der Waals surface area contributed by atoms with Crippen LogP contribution in [0.3, 0.4) is 0 Å². The second-order valence-corrected chi connectivity index (χ2v) is 5.23. The third kappa shape index (κ3) is 3.38. The molecule has 0 aliphatic rings. The van der Waals surface area contributed by atoms with Crippen molar-refractivity contribution in [1.82, 2.24) is 0 Å². The number of hydrogen-bond acceptors (Lipinski definition) is 3. The molecule has 1 unspecified atom stereocenters. The van der Waals surface area contributed by atoms with Gasteiger partial charge in [0.05, 0.1) is 0 Å². The topological polar surface area (TPSA) is 43.4 Å². The molecule has 1 atom stereocenters. The van der Waals surface area contributed by atoms with E-state index in [0.717, 1.165) is 0 Å². The Labute approximate surface area is 55.1 Å². The predicted octanol–water partition coefficient (Wildman–Crippen LogP) is 0.895. The van der Waals surface area contributed by atoms with E-state index in [-0.39, 0.29) is 0 Å². The maximum absolute atomic E-state index is 10.8. The van der Waals surface area contributed by atoms with Crippen LogP contribution in [0.1, 0.15) is 6.92 Å². The molecular formula is C3H8AlO3P. The van der Waals surface area contributed by atoms with Gasteiger partial charge in [-0.15, -0.1) is 0 Å². The fourth-order valence-electron chi connectivity index (χ4n) is 0.166. The molecular weight excluding hydrogens is 142 g/mol. The van der Waals surface area contributed by atoms with Crippen molar-refractivity contribution in [3.63, 3.8) is 0 Å². The zero-order valence-corrected chi connectivity index (χ0v) is 7.01. The monoisotopic (exact) mass is 150 g/mol. The van der Waals surface area contributed by atoms with E-state index in [4.69, 9.17) is 0 Å². The van der Waals surface area contributed by atoms with Crippen molar-refractivity contribution >= 4 is 22.9 Å². The summed E-state index contributed by atoms with van der Waals surface area (Å²) in [5.74, 6) is 0. The van der Waals surface area contributed by atoms with E-state index in [9.17, 15) is 8.37 Å². The molecule has 5 heteroatoms. The minimum atomic E-state index is -2.45. The van der Waals surface area contributed by atoms with Gasteiger partial charge in [0.25, 0.3) is 0 Å². The summed E-state index contributed by atoms with van der Waals surface area (Å²) in [7, 11) is -2.45. The van der Waals surface area contributed by atoms with Crippen LogP contribution in [0, 0.1) is 0 Å². The minimum absolute atomic E-state index is 0.461. The van der Waals surface area contributed by atoms with Crippen molar-refractivity contribution in [3.8, 4) is 0 Å². The van der Waals surface area contributed by atoms with Crippen molar-refractivity contribution in [2.24, 2.45) is 0 Å². The molecule has 3 nitrogen and oxygen atoms in total. The van der Waals surface area contributed by atoms with Crippen molar-refractivity contribution < 1.29 is 11.9 Å². The van der Waals surface area contributed by atoms with Gasteiger partial charge in [0.15, 0.2) is 0 Å². The van der Waals surface area contributed by atoms with Gasteiger partial charge in [-0.3, -0.25) is 0 Å². The van der Waals surface area contributed by atoms with Crippen LogP contribution < -0.4 is 0 Å². The molecule has 0 aliphatic heterocycles. The Morgan fingerprint density at radius 1 is 1.75 bits per heavy atom. The third-order valence-electron chi connectivity index (χ3n) is 0.840. The van der Waals surface area contributed by atoms with Gasteiger partial charge >= 0.3 is 54.6 Å². The molecule has 0 saturated heterocycles. The quantitative estimate of drug-likeness (QED) is 0.443. The van der Waals surface area contributed by atoms with Crippen LogP contribution in [0.25, 0.3) is 0 Å². The van der Waals surface area contributed by atoms with Crippen molar-refractivity contribution in [1.29, 1.82) is 0 Å². The van der Waals surface area contributed by atoms with Crippen molar-refractivity contribution in [2.45, 2.75) is 6.92 Å². The van der Waals surface area contributed by atoms with Crippen LogP contribution in [0.15, 0.2) is 0 Å². The summed E-state index contributed by atoms with van der Waals surface area (Å²) < 4.78 is 25.0. The summed E-state index contributed by atoms with van der Waals surface area (Å²) in [5.41, 5.74) is 0. The molecule has 0 aliphatic carbocycles. The van der Waals surface area contributed by atoms with E-state index in [1.807, 2.05) is 0 Å². The van der Waals surface area contributed by atoms with E-state index in [0.29, 0.717) is 6.16 Å². The zero-order valence-electron chi connectivity index (χ0n) is 4.96. The summed E-state index contributed by atoms with van der Waals surface area (Å²) in [6, 6.07) is 0. The molecule has 0 aromatic heterocycles. The Kier molecular flexibility index (Phi) is 3.55. The summed E-state index contributed by atoms with van der Waals surface area (Å²) in [6.45, 7) is 3.23. The van der Waals surface area contributed by atoms with Crippen molar-refractivity contribution in [2.75, 3.05) is 12.8 Å². The van der Waals surface area contributed by atoms with Gasteiger partial charge < -0.3 is 0 Å².